The van der Waals surface area contributed by atoms with Gasteiger partial charge in [-0.1, -0.05) is 25.1 Å². The van der Waals surface area contributed by atoms with Gasteiger partial charge in [0.25, 0.3) is 0 Å². The van der Waals surface area contributed by atoms with E-state index in [0.717, 1.165) is 37.5 Å². The molecule has 0 amide bonds. The lowest BCUT2D eigenvalue weighted by molar-refractivity contribution is 0.0412. The normalized spacial score (nSPS) is 34.4. The predicted octanol–water partition coefficient (Wildman–Crippen LogP) is 3.74. The Morgan fingerprint density at radius 1 is 1.21 bits per heavy atom. The molecule has 2 aliphatic rings. The van der Waals surface area contributed by atoms with Crippen LogP contribution in [0.4, 0.5) is 0 Å². The van der Waals surface area contributed by atoms with Gasteiger partial charge < -0.3 is 9.84 Å². The summed E-state index contributed by atoms with van der Waals surface area (Å²) >= 11 is 0. The van der Waals surface area contributed by atoms with E-state index in [0.29, 0.717) is 11.8 Å². The number of aliphatic hydroxyl groups excluding tert-OH is 1. The van der Waals surface area contributed by atoms with Gasteiger partial charge in [-0.3, -0.25) is 0 Å². The summed E-state index contributed by atoms with van der Waals surface area (Å²) in [6.45, 7) is 3.14. The first-order valence-corrected chi connectivity index (χ1v) is 7.64. The molecule has 19 heavy (non-hydrogen) atoms. The quantitative estimate of drug-likeness (QED) is 0.877. The molecule has 0 saturated heterocycles. The molecule has 2 nitrogen and oxygen atoms in total. The van der Waals surface area contributed by atoms with Gasteiger partial charge >= 0.3 is 0 Å². The molecule has 1 aromatic carbocycles. The average molecular weight is 260 g/mol. The van der Waals surface area contributed by atoms with Gasteiger partial charge in [-0.15, -0.1) is 0 Å². The Kier molecular flexibility index (Phi) is 3.79. The third-order valence-electron chi connectivity index (χ3n) is 4.87. The first-order chi connectivity index (χ1) is 9.24. The first-order valence-electron chi connectivity index (χ1n) is 7.64. The highest BCUT2D eigenvalue weighted by Crippen LogP contribution is 2.41. The van der Waals surface area contributed by atoms with Crippen molar-refractivity contribution in [3.8, 4) is 5.75 Å². The van der Waals surface area contributed by atoms with Crippen LogP contribution in [-0.4, -0.2) is 17.8 Å². The van der Waals surface area contributed by atoms with E-state index in [1.807, 2.05) is 6.07 Å². The summed E-state index contributed by atoms with van der Waals surface area (Å²) in [4.78, 5) is 0. The zero-order valence-corrected chi connectivity index (χ0v) is 11.7. The molecule has 4 atom stereocenters. The number of benzene rings is 1. The van der Waals surface area contributed by atoms with E-state index >= 15 is 0 Å². The van der Waals surface area contributed by atoms with Crippen LogP contribution >= 0.6 is 0 Å². The molecule has 1 heterocycles. The van der Waals surface area contributed by atoms with Crippen LogP contribution < -0.4 is 4.74 Å². The molecule has 1 aliphatic carbocycles. The number of fused-ring (bicyclic) bond motifs is 1. The number of para-hydroxylation sites is 1. The van der Waals surface area contributed by atoms with Crippen molar-refractivity contribution in [2.24, 2.45) is 11.8 Å². The Hall–Kier alpha value is -1.02. The SMILES string of the molecule is CC1CCC(O)C(CC2CCOc3ccccc32)C1. The largest absolute Gasteiger partial charge is 0.493 e. The van der Waals surface area contributed by atoms with Crippen LogP contribution in [0.3, 0.4) is 0 Å². The zero-order valence-electron chi connectivity index (χ0n) is 11.7. The Labute approximate surface area is 115 Å². The van der Waals surface area contributed by atoms with Crippen LogP contribution in [0, 0.1) is 11.8 Å². The van der Waals surface area contributed by atoms with E-state index in [9.17, 15) is 5.11 Å². The Morgan fingerprint density at radius 3 is 2.95 bits per heavy atom. The van der Waals surface area contributed by atoms with E-state index < -0.39 is 0 Å². The second kappa shape index (κ2) is 5.54. The summed E-state index contributed by atoms with van der Waals surface area (Å²) in [6, 6.07) is 8.40. The average Bonchev–Trinajstić information content (AvgIpc) is 2.43. The molecule has 1 saturated carbocycles. The van der Waals surface area contributed by atoms with Gasteiger partial charge in [-0.2, -0.15) is 0 Å². The minimum absolute atomic E-state index is 0.0915. The van der Waals surface area contributed by atoms with Crippen molar-refractivity contribution in [2.45, 2.75) is 51.0 Å². The van der Waals surface area contributed by atoms with Crippen molar-refractivity contribution in [3.63, 3.8) is 0 Å². The fourth-order valence-corrected chi connectivity index (χ4v) is 3.76. The number of aliphatic hydroxyl groups is 1. The predicted molar refractivity (Wildman–Crippen MR) is 76.4 cm³/mol. The molecule has 104 valence electrons. The van der Waals surface area contributed by atoms with Crippen LogP contribution in [-0.2, 0) is 0 Å². The molecule has 1 aromatic rings. The number of hydrogen-bond acceptors (Lipinski definition) is 2. The van der Waals surface area contributed by atoms with Gasteiger partial charge in [-0.25, -0.2) is 0 Å². The highest BCUT2D eigenvalue weighted by atomic mass is 16.5. The van der Waals surface area contributed by atoms with Crippen molar-refractivity contribution in [1.82, 2.24) is 0 Å². The molecular weight excluding hydrogens is 236 g/mol. The second-order valence-corrected chi connectivity index (χ2v) is 6.35. The molecule has 1 aliphatic heterocycles. The van der Waals surface area contributed by atoms with Crippen molar-refractivity contribution in [3.05, 3.63) is 29.8 Å². The summed E-state index contributed by atoms with van der Waals surface area (Å²) in [5, 5.41) is 10.2. The molecule has 2 heteroatoms. The number of hydrogen-bond donors (Lipinski definition) is 1. The lowest BCUT2D eigenvalue weighted by Gasteiger charge is -2.35. The summed E-state index contributed by atoms with van der Waals surface area (Å²) in [7, 11) is 0. The third-order valence-corrected chi connectivity index (χ3v) is 4.87. The smallest absolute Gasteiger partial charge is 0.122 e. The Morgan fingerprint density at radius 2 is 2.05 bits per heavy atom. The van der Waals surface area contributed by atoms with Gasteiger partial charge in [0.2, 0.25) is 0 Å². The Balaban J connectivity index is 1.73. The molecule has 0 aromatic heterocycles. The van der Waals surface area contributed by atoms with Crippen LogP contribution in [0.25, 0.3) is 0 Å². The molecule has 0 bridgehead atoms. The lowest BCUT2D eigenvalue weighted by atomic mass is 9.74. The minimum atomic E-state index is -0.0915. The van der Waals surface area contributed by atoms with E-state index in [-0.39, 0.29) is 6.10 Å². The van der Waals surface area contributed by atoms with Crippen molar-refractivity contribution >= 4 is 0 Å². The van der Waals surface area contributed by atoms with E-state index in [4.69, 9.17) is 4.74 Å². The zero-order chi connectivity index (χ0) is 13.2. The molecule has 1 N–H and O–H groups in total. The van der Waals surface area contributed by atoms with Gasteiger partial charge in [0.1, 0.15) is 5.75 Å². The van der Waals surface area contributed by atoms with E-state index in [1.54, 1.807) is 0 Å². The highest BCUT2D eigenvalue weighted by molar-refractivity contribution is 5.37. The number of ether oxygens (including phenoxy) is 1. The van der Waals surface area contributed by atoms with Gasteiger partial charge in [0, 0.05) is 0 Å². The molecule has 0 spiro atoms. The lowest BCUT2D eigenvalue weighted by Crippen LogP contribution is -2.30. The molecular formula is C17H24O2. The first kappa shape index (κ1) is 13.0. The Bertz CT molecular complexity index is 429. The van der Waals surface area contributed by atoms with E-state index in [2.05, 4.69) is 25.1 Å². The van der Waals surface area contributed by atoms with Crippen molar-refractivity contribution in [2.75, 3.05) is 6.61 Å². The summed E-state index contributed by atoms with van der Waals surface area (Å²) in [5.41, 5.74) is 1.35. The topological polar surface area (TPSA) is 29.5 Å². The van der Waals surface area contributed by atoms with Crippen LogP contribution in [0.5, 0.6) is 5.75 Å². The van der Waals surface area contributed by atoms with Crippen LogP contribution in [0.1, 0.15) is 50.5 Å². The third kappa shape index (κ3) is 2.79. The fraction of sp³-hybridized carbons (Fsp3) is 0.647. The van der Waals surface area contributed by atoms with Crippen LogP contribution in [0.2, 0.25) is 0 Å². The molecule has 1 fully saturated rings. The summed E-state index contributed by atoms with van der Waals surface area (Å²) in [5.74, 6) is 2.86. The van der Waals surface area contributed by atoms with Gasteiger partial charge in [0.05, 0.1) is 12.7 Å². The van der Waals surface area contributed by atoms with Gasteiger partial charge in [0.15, 0.2) is 0 Å². The van der Waals surface area contributed by atoms with Crippen molar-refractivity contribution in [1.29, 1.82) is 0 Å². The fourth-order valence-electron chi connectivity index (χ4n) is 3.76. The number of rotatable bonds is 2. The molecule has 3 rings (SSSR count). The summed E-state index contributed by atoms with van der Waals surface area (Å²) in [6.07, 6.45) is 5.46. The maximum absolute atomic E-state index is 10.2. The van der Waals surface area contributed by atoms with Gasteiger partial charge in [-0.05, 0) is 61.5 Å². The van der Waals surface area contributed by atoms with Crippen LogP contribution in [0.15, 0.2) is 24.3 Å². The highest BCUT2D eigenvalue weighted by Gasteiger charge is 2.31. The van der Waals surface area contributed by atoms with E-state index in [1.165, 1.54) is 18.4 Å². The molecule has 4 unspecified atom stereocenters. The summed E-state index contributed by atoms with van der Waals surface area (Å²) < 4.78 is 5.73. The molecule has 0 radical (unpaired) electrons. The standard InChI is InChI=1S/C17H24O2/c1-12-6-7-16(18)14(10-12)11-13-8-9-19-17-5-3-2-4-15(13)17/h2-5,12-14,16,18H,6-11H2,1H3. The second-order valence-electron chi connectivity index (χ2n) is 6.35. The maximum atomic E-state index is 10.2. The minimum Gasteiger partial charge on any atom is -0.493 e. The maximum Gasteiger partial charge on any atom is 0.122 e. The monoisotopic (exact) mass is 260 g/mol. The van der Waals surface area contributed by atoms with Crippen molar-refractivity contribution < 1.29 is 9.84 Å².